The van der Waals surface area contributed by atoms with Crippen molar-refractivity contribution < 1.29 is 4.39 Å². The van der Waals surface area contributed by atoms with Gasteiger partial charge in [-0.15, -0.1) is 0 Å². The zero-order valence-corrected chi connectivity index (χ0v) is 15.9. The van der Waals surface area contributed by atoms with Gasteiger partial charge in [0.05, 0.1) is 0 Å². The fourth-order valence-corrected chi connectivity index (χ4v) is 3.01. The molecule has 1 nitrogen and oxygen atoms in total. The van der Waals surface area contributed by atoms with E-state index in [1.807, 2.05) is 18.2 Å². The van der Waals surface area contributed by atoms with Crippen LogP contribution in [0.3, 0.4) is 0 Å². The van der Waals surface area contributed by atoms with Crippen LogP contribution in [0.15, 0.2) is 54.6 Å². The Morgan fingerprint density at radius 3 is 2.12 bits per heavy atom. The largest absolute Gasteiger partial charge is 0.259 e. The van der Waals surface area contributed by atoms with Gasteiger partial charge in [-0.2, -0.15) is 0 Å². The van der Waals surface area contributed by atoms with Crippen LogP contribution in [0.4, 0.5) is 4.39 Å². The van der Waals surface area contributed by atoms with Gasteiger partial charge in [0.2, 0.25) is 0 Å². The van der Waals surface area contributed by atoms with Crippen LogP contribution in [-0.2, 0) is 12.0 Å². The Morgan fingerprint density at radius 2 is 1.58 bits per heavy atom. The van der Waals surface area contributed by atoms with Crippen LogP contribution in [0.25, 0.3) is 0 Å². The number of rotatable bonds is 4. The average Bonchev–Trinajstić information content (AvgIpc) is 3.27. The maximum atomic E-state index is 13.1. The summed E-state index contributed by atoms with van der Waals surface area (Å²) < 4.78 is 16.8. The van der Waals surface area contributed by atoms with Gasteiger partial charge < -0.3 is 0 Å². The van der Waals surface area contributed by atoms with E-state index in [1.165, 1.54) is 5.56 Å². The summed E-state index contributed by atoms with van der Waals surface area (Å²) in [7, 11) is 0. The van der Waals surface area contributed by atoms with Crippen molar-refractivity contribution in [2.45, 2.75) is 57.2 Å². The Hall–Kier alpha value is -1.32. The van der Waals surface area contributed by atoms with Crippen molar-refractivity contribution in [1.29, 1.82) is 0 Å². The summed E-state index contributed by atoms with van der Waals surface area (Å²) in [5, 5.41) is 0. The summed E-state index contributed by atoms with van der Waals surface area (Å²) in [6.45, 7) is 9.66. The highest BCUT2D eigenvalue weighted by molar-refractivity contribution is 7.98. The zero-order valence-electron chi connectivity index (χ0n) is 15.1. The standard InChI is InChI=1S/C11H17NS.C10H11F/c1-11(2,3)13-12-9-10-7-5-4-6-8-10;1-10(6-7-10)8-4-2-3-5-9(8)11/h4-8,12H,9H2,1-3H3;2-5H,6-7H2,1H3. The smallest absolute Gasteiger partial charge is 0.126 e. The van der Waals surface area contributed by atoms with Crippen LogP contribution in [-0.4, -0.2) is 4.75 Å². The van der Waals surface area contributed by atoms with Crippen molar-refractivity contribution in [2.75, 3.05) is 0 Å². The van der Waals surface area contributed by atoms with Crippen molar-refractivity contribution in [3.05, 3.63) is 71.5 Å². The Morgan fingerprint density at radius 1 is 1.00 bits per heavy atom. The molecule has 0 bridgehead atoms. The molecule has 1 saturated carbocycles. The SMILES string of the molecule is CC(C)(C)SNCc1ccccc1.CC1(c2ccccc2F)CC1. The summed E-state index contributed by atoms with van der Waals surface area (Å²) in [6, 6.07) is 17.5. The molecule has 1 aliphatic carbocycles. The molecule has 1 fully saturated rings. The van der Waals surface area contributed by atoms with Crippen LogP contribution in [0.2, 0.25) is 0 Å². The molecule has 3 rings (SSSR count). The molecule has 2 aromatic rings. The third-order valence-corrected chi connectivity index (χ3v) is 4.92. The third kappa shape index (κ3) is 6.29. The first-order valence-corrected chi connectivity index (χ1v) is 9.32. The molecule has 0 aromatic heterocycles. The molecular weight excluding hydrogens is 317 g/mol. The molecule has 3 heteroatoms. The lowest BCUT2D eigenvalue weighted by Gasteiger charge is -2.17. The van der Waals surface area contributed by atoms with E-state index in [0.717, 1.165) is 24.9 Å². The zero-order chi connectivity index (χ0) is 17.6. The van der Waals surface area contributed by atoms with E-state index >= 15 is 0 Å². The first kappa shape index (κ1) is 19.0. The Balaban J connectivity index is 0.000000175. The molecular formula is C21H28FNS. The molecule has 0 unspecified atom stereocenters. The normalized spacial score (nSPS) is 15.4. The number of benzene rings is 2. The molecule has 130 valence electrons. The molecule has 0 radical (unpaired) electrons. The number of nitrogens with one attached hydrogen (secondary N) is 1. The van der Waals surface area contributed by atoms with Crippen LogP contribution in [0.1, 0.15) is 51.7 Å². The molecule has 0 amide bonds. The van der Waals surface area contributed by atoms with Gasteiger partial charge in [0.1, 0.15) is 5.82 Å². The minimum absolute atomic E-state index is 0.0486. The fourth-order valence-electron chi connectivity index (χ4n) is 2.34. The topological polar surface area (TPSA) is 12.0 Å². The highest BCUT2D eigenvalue weighted by atomic mass is 32.2. The first-order chi connectivity index (χ1) is 11.3. The van der Waals surface area contributed by atoms with Gasteiger partial charge >= 0.3 is 0 Å². The molecule has 0 aliphatic heterocycles. The van der Waals surface area contributed by atoms with E-state index in [2.05, 4.69) is 56.7 Å². The molecule has 0 spiro atoms. The minimum Gasteiger partial charge on any atom is -0.259 e. The van der Waals surface area contributed by atoms with Crippen molar-refractivity contribution in [3.63, 3.8) is 0 Å². The molecule has 1 aliphatic rings. The highest BCUT2D eigenvalue weighted by Gasteiger charge is 2.40. The summed E-state index contributed by atoms with van der Waals surface area (Å²) in [4.78, 5) is 0. The van der Waals surface area contributed by atoms with Gasteiger partial charge in [-0.05, 0) is 56.2 Å². The summed E-state index contributed by atoms with van der Waals surface area (Å²) >= 11 is 1.78. The lowest BCUT2D eigenvalue weighted by Crippen LogP contribution is -2.16. The van der Waals surface area contributed by atoms with E-state index in [4.69, 9.17) is 0 Å². The van der Waals surface area contributed by atoms with E-state index < -0.39 is 0 Å². The summed E-state index contributed by atoms with van der Waals surface area (Å²) in [5.74, 6) is -0.0486. The number of hydrogen-bond acceptors (Lipinski definition) is 2. The second-order valence-electron chi connectivity index (χ2n) is 7.56. The lowest BCUT2D eigenvalue weighted by atomic mass is 9.98. The second-order valence-corrected chi connectivity index (χ2v) is 9.28. The van der Waals surface area contributed by atoms with Crippen molar-refractivity contribution in [1.82, 2.24) is 4.72 Å². The van der Waals surface area contributed by atoms with E-state index in [-0.39, 0.29) is 16.0 Å². The monoisotopic (exact) mass is 345 g/mol. The molecule has 0 saturated heterocycles. The predicted molar refractivity (Wildman–Crippen MR) is 104 cm³/mol. The highest BCUT2D eigenvalue weighted by Crippen LogP contribution is 2.48. The summed E-state index contributed by atoms with van der Waals surface area (Å²) in [5.41, 5.74) is 2.38. The molecule has 0 atom stereocenters. The summed E-state index contributed by atoms with van der Waals surface area (Å²) in [6.07, 6.45) is 2.27. The number of hydrogen-bond donors (Lipinski definition) is 1. The van der Waals surface area contributed by atoms with Crippen LogP contribution >= 0.6 is 11.9 Å². The first-order valence-electron chi connectivity index (χ1n) is 8.50. The van der Waals surface area contributed by atoms with Gasteiger partial charge in [0, 0.05) is 11.3 Å². The molecule has 2 aromatic carbocycles. The van der Waals surface area contributed by atoms with E-state index in [9.17, 15) is 4.39 Å². The molecule has 24 heavy (non-hydrogen) atoms. The van der Waals surface area contributed by atoms with Crippen LogP contribution in [0.5, 0.6) is 0 Å². The van der Waals surface area contributed by atoms with E-state index in [1.54, 1.807) is 24.1 Å². The lowest BCUT2D eigenvalue weighted by molar-refractivity contribution is 0.586. The minimum atomic E-state index is -0.0486. The van der Waals surface area contributed by atoms with Crippen molar-refractivity contribution in [2.24, 2.45) is 0 Å². The van der Waals surface area contributed by atoms with E-state index in [0.29, 0.717) is 0 Å². The van der Waals surface area contributed by atoms with Gasteiger partial charge in [0.25, 0.3) is 0 Å². The van der Waals surface area contributed by atoms with Gasteiger partial charge in [-0.25, -0.2) is 4.39 Å². The average molecular weight is 346 g/mol. The fraction of sp³-hybridized carbons (Fsp3) is 0.429. The predicted octanol–water partition coefficient (Wildman–Crippen LogP) is 6.10. The molecule has 1 N–H and O–H groups in total. The Bertz CT molecular complexity index is 630. The van der Waals surface area contributed by atoms with Crippen LogP contribution in [0, 0.1) is 5.82 Å². The maximum Gasteiger partial charge on any atom is 0.126 e. The van der Waals surface area contributed by atoms with Crippen molar-refractivity contribution >= 4 is 11.9 Å². The molecule has 0 heterocycles. The van der Waals surface area contributed by atoms with Crippen LogP contribution < -0.4 is 4.72 Å². The quantitative estimate of drug-likeness (QED) is 0.672. The Kier molecular flexibility index (Phi) is 6.47. The second kappa shape index (κ2) is 8.17. The maximum absolute atomic E-state index is 13.1. The van der Waals surface area contributed by atoms with Crippen molar-refractivity contribution in [3.8, 4) is 0 Å². The third-order valence-electron chi connectivity index (χ3n) is 4.02. The number of halogens is 1. The van der Waals surface area contributed by atoms with Gasteiger partial charge in [0.15, 0.2) is 0 Å². The Labute approximate surface area is 150 Å². The van der Waals surface area contributed by atoms with Gasteiger partial charge in [-0.3, -0.25) is 4.72 Å². The van der Waals surface area contributed by atoms with Gasteiger partial charge in [-0.1, -0.05) is 67.4 Å².